The molecule has 4 N–H and O–H groups in total. The molecular weight excluding hydrogens is 176 g/mol. The molecule has 0 aliphatic rings. The van der Waals surface area contributed by atoms with Crippen molar-refractivity contribution in [2.24, 2.45) is 5.73 Å². The predicted octanol–water partition coefficient (Wildman–Crippen LogP) is 1.21. The van der Waals surface area contributed by atoms with Crippen LogP contribution in [-0.2, 0) is 6.42 Å². The smallest absolute Gasteiger partial charge is 0.0730 e. The number of rotatable bonds is 3. The zero-order valence-corrected chi connectivity index (χ0v) is 8.17. The van der Waals surface area contributed by atoms with Gasteiger partial charge >= 0.3 is 0 Å². The molecule has 0 saturated heterocycles. The molecule has 0 atom stereocenters. The van der Waals surface area contributed by atoms with E-state index in [2.05, 4.69) is 15.2 Å². The van der Waals surface area contributed by atoms with Gasteiger partial charge in [0.1, 0.15) is 0 Å². The topological polar surface area (TPSA) is 70.5 Å². The SMILES string of the molecule is Cc1[nH]nc(CCN)c1-c1ccc[nH]1. The third-order valence-corrected chi connectivity index (χ3v) is 2.27. The summed E-state index contributed by atoms with van der Waals surface area (Å²) in [5.74, 6) is 0. The molecule has 0 aromatic carbocycles. The van der Waals surface area contributed by atoms with Gasteiger partial charge < -0.3 is 10.7 Å². The van der Waals surface area contributed by atoms with Crippen LogP contribution in [0.5, 0.6) is 0 Å². The maximum Gasteiger partial charge on any atom is 0.0730 e. The number of aromatic amines is 2. The first kappa shape index (κ1) is 9.02. The second-order valence-electron chi connectivity index (χ2n) is 3.29. The van der Waals surface area contributed by atoms with Crippen LogP contribution in [0.4, 0.5) is 0 Å². The molecule has 0 spiro atoms. The second-order valence-corrected chi connectivity index (χ2v) is 3.29. The third kappa shape index (κ3) is 1.44. The number of aromatic nitrogens is 3. The first-order valence-corrected chi connectivity index (χ1v) is 4.70. The molecular formula is C10H14N4. The fourth-order valence-electron chi connectivity index (χ4n) is 1.64. The highest BCUT2D eigenvalue weighted by Gasteiger charge is 2.11. The zero-order valence-electron chi connectivity index (χ0n) is 8.17. The summed E-state index contributed by atoms with van der Waals surface area (Å²) in [6.45, 7) is 2.64. The van der Waals surface area contributed by atoms with Crippen LogP contribution in [0.25, 0.3) is 11.3 Å². The molecule has 74 valence electrons. The lowest BCUT2D eigenvalue weighted by Crippen LogP contribution is -2.04. The Hall–Kier alpha value is -1.55. The molecule has 2 aromatic heterocycles. The summed E-state index contributed by atoms with van der Waals surface area (Å²) in [4.78, 5) is 3.18. The van der Waals surface area contributed by atoms with E-state index in [9.17, 15) is 0 Å². The van der Waals surface area contributed by atoms with Gasteiger partial charge in [0.2, 0.25) is 0 Å². The van der Waals surface area contributed by atoms with Crippen molar-refractivity contribution in [3.05, 3.63) is 29.7 Å². The van der Waals surface area contributed by atoms with Crippen LogP contribution in [0.15, 0.2) is 18.3 Å². The molecule has 0 aliphatic carbocycles. The maximum atomic E-state index is 5.53. The summed E-state index contributed by atoms with van der Waals surface area (Å²) in [6, 6.07) is 4.02. The highest BCUT2D eigenvalue weighted by atomic mass is 15.1. The van der Waals surface area contributed by atoms with Crippen molar-refractivity contribution in [2.75, 3.05) is 6.54 Å². The molecule has 0 radical (unpaired) electrons. The van der Waals surface area contributed by atoms with Crippen LogP contribution in [0, 0.1) is 6.92 Å². The van der Waals surface area contributed by atoms with Gasteiger partial charge in [-0.05, 0) is 25.6 Å². The summed E-state index contributed by atoms with van der Waals surface area (Å²) in [5.41, 5.74) is 9.89. The van der Waals surface area contributed by atoms with Crippen molar-refractivity contribution in [2.45, 2.75) is 13.3 Å². The Morgan fingerprint density at radius 1 is 1.50 bits per heavy atom. The summed E-state index contributed by atoms with van der Waals surface area (Å²) in [6.07, 6.45) is 2.71. The van der Waals surface area contributed by atoms with E-state index >= 15 is 0 Å². The van der Waals surface area contributed by atoms with Crippen LogP contribution >= 0.6 is 0 Å². The predicted molar refractivity (Wildman–Crippen MR) is 55.9 cm³/mol. The minimum absolute atomic E-state index is 0.623. The van der Waals surface area contributed by atoms with Gasteiger partial charge in [-0.3, -0.25) is 5.10 Å². The third-order valence-electron chi connectivity index (χ3n) is 2.27. The van der Waals surface area contributed by atoms with Crippen LogP contribution in [-0.4, -0.2) is 21.7 Å². The highest BCUT2D eigenvalue weighted by Crippen LogP contribution is 2.23. The van der Waals surface area contributed by atoms with Crippen molar-refractivity contribution in [3.63, 3.8) is 0 Å². The molecule has 0 amide bonds. The number of H-pyrrole nitrogens is 2. The Morgan fingerprint density at radius 3 is 3.00 bits per heavy atom. The van der Waals surface area contributed by atoms with E-state index in [4.69, 9.17) is 5.73 Å². The monoisotopic (exact) mass is 190 g/mol. The Balaban J connectivity index is 2.45. The first-order valence-electron chi connectivity index (χ1n) is 4.70. The average molecular weight is 190 g/mol. The number of aryl methyl sites for hydroxylation is 1. The molecule has 4 nitrogen and oxygen atoms in total. The molecule has 14 heavy (non-hydrogen) atoms. The molecule has 0 bridgehead atoms. The van der Waals surface area contributed by atoms with Gasteiger partial charge in [0, 0.05) is 29.6 Å². The van der Waals surface area contributed by atoms with Crippen molar-refractivity contribution in [1.82, 2.24) is 15.2 Å². The van der Waals surface area contributed by atoms with Crippen LogP contribution in [0.1, 0.15) is 11.4 Å². The quantitative estimate of drug-likeness (QED) is 0.681. The molecule has 0 fully saturated rings. The minimum atomic E-state index is 0.623. The van der Waals surface area contributed by atoms with Gasteiger partial charge in [-0.25, -0.2) is 0 Å². The van der Waals surface area contributed by atoms with Crippen molar-refractivity contribution in [3.8, 4) is 11.3 Å². The van der Waals surface area contributed by atoms with Gasteiger partial charge in [0.15, 0.2) is 0 Å². The van der Waals surface area contributed by atoms with E-state index < -0.39 is 0 Å². The zero-order chi connectivity index (χ0) is 9.97. The van der Waals surface area contributed by atoms with Gasteiger partial charge in [-0.15, -0.1) is 0 Å². The molecule has 0 aliphatic heterocycles. The summed E-state index contributed by atoms with van der Waals surface area (Å²) < 4.78 is 0. The lowest BCUT2D eigenvalue weighted by Gasteiger charge is -1.99. The lowest BCUT2D eigenvalue weighted by atomic mass is 10.1. The first-order chi connectivity index (χ1) is 6.83. The Kier molecular flexibility index (Phi) is 2.37. The highest BCUT2D eigenvalue weighted by molar-refractivity contribution is 5.64. The fraction of sp³-hybridized carbons (Fsp3) is 0.300. The molecule has 2 rings (SSSR count). The van der Waals surface area contributed by atoms with E-state index in [0.29, 0.717) is 6.54 Å². The summed E-state index contributed by atoms with van der Waals surface area (Å²) in [5, 5.41) is 7.22. The normalized spacial score (nSPS) is 10.7. The summed E-state index contributed by atoms with van der Waals surface area (Å²) in [7, 11) is 0. The van der Waals surface area contributed by atoms with Gasteiger partial charge in [0.25, 0.3) is 0 Å². The molecule has 4 heteroatoms. The molecule has 0 unspecified atom stereocenters. The van der Waals surface area contributed by atoms with Crippen LogP contribution < -0.4 is 5.73 Å². The van der Waals surface area contributed by atoms with Crippen molar-refractivity contribution < 1.29 is 0 Å². The molecule has 2 heterocycles. The number of nitrogens with two attached hydrogens (primary N) is 1. The van der Waals surface area contributed by atoms with Crippen molar-refractivity contribution in [1.29, 1.82) is 0 Å². The van der Waals surface area contributed by atoms with Gasteiger partial charge in [0.05, 0.1) is 5.69 Å². The Labute approximate surface area is 82.5 Å². The standard InChI is InChI=1S/C10H14N4/c1-7-10(8-3-2-6-12-8)9(4-5-11)14-13-7/h2-3,6,12H,4-5,11H2,1H3,(H,13,14). The van der Waals surface area contributed by atoms with E-state index in [1.165, 1.54) is 0 Å². The van der Waals surface area contributed by atoms with E-state index in [1.54, 1.807) is 0 Å². The van der Waals surface area contributed by atoms with Gasteiger partial charge in [-0.1, -0.05) is 0 Å². The fourth-order valence-corrected chi connectivity index (χ4v) is 1.64. The average Bonchev–Trinajstić information content (AvgIpc) is 2.76. The summed E-state index contributed by atoms with van der Waals surface area (Å²) >= 11 is 0. The van der Waals surface area contributed by atoms with Crippen LogP contribution in [0.3, 0.4) is 0 Å². The minimum Gasteiger partial charge on any atom is -0.361 e. The number of nitrogens with one attached hydrogen (secondary N) is 2. The van der Waals surface area contributed by atoms with Crippen LogP contribution in [0.2, 0.25) is 0 Å². The number of hydrogen-bond donors (Lipinski definition) is 3. The lowest BCUT2D eigenvalue weighted by molar-refractivity contribution is 0.898. The van der Waals surface area contributed by atoms with Crippen molar-refractivity contribution >= 4 is 0 Å². The van der Waals surface area contributed by atoms with E-state index in [-0.39, 0.29) is 0 Å². The van der Waals surface area contributed by atoms with E-state index in [1.807, 2.05) is 25.3 Å². The van der Waals surface area contributed by atoms with E-state index in [0.717, 1.165) is 29.1 Å². The molecule has 2 aromatic rings. The Bertz CT molecular complexity index is 400. The number of nitrogens with zero attached hydrogens (tertiary/aromatic N) is 1. The molecule has 0 saturated carbocycles. The second kappa shape index (κ2) is 3.67. The maximum absolute atomic E-state index is 5.53. The Morgan fingerprint density at radius 2 is 2.36 bits per heavy atom. The largest absolute Gasteiger partial charge is 0.361 e. The van der Waals surface area contributed by atoms with Gasteiger partial charge in [-0.2, -0.15) is 5.10 Å². The number of hydrogen-bond acceptors (Lipinski definition) is 2.